The SMILES string of the molecule is COc1ccc(-c2cccc(C3CN(Cc4cnc(C)s4)CCO3)n2)cc1. The monoisotopic (exact) mass is 381 g/mol. The lowest BCUT2D eigenvalue weighted by Gasteiger charge is -2.32. The highest BCUT2D eigenvalue weighted by Gasteiger charge is 2.23. The van der Waals surface area contributed by atoms with Crippen molar-refractivity contribution in [3.63, 3.8) is 0 Å². The number of aryl methyl sites for hydroxylation is 1. The standard InChI is InChI=1S/C21H23N3O2S/c1-15-22-12-18(27-15)13-24-10-11-26-21(14-24)20-5-3-4-19(23-20)16-6-8-17(25-2)9-7-16/h3-9,12,21H,10-11,13-14H2,1-2H3. The molecule has 1 unspecified atom stereocenters. The van der Waals surface area contributed by atoms with Crippen molar-refractivity contribution in [2.75, 3.05) is 26.8 Å². The van der Waals surface area contributed by atoms with E-state index in [9.17, 15) is 0 Å². The number of nitrogens with zero attached hydrogens (tertiary/aromatic N) is 3. The largest absolute Gasteiger partial charge is 0.497 e. The molecule has 0 amide bonds. The van der Waals surface area contributed by atoms with Crippen LogP contribution < -0.4 is 4.74 Å². The molecule has 5 nitrogen and oxygen atoms in total. The molecule has 1 atom stereocenters. The average molecular weight is 382 g/mol. The molecule has 1 aliphatic rings. The molecule has 1 aromatic carbocycles. The van der Waals surface area contributed by atoms with Crippen LogP contribution in [-0.4, -0.2) is 41.7 Å². The van der Waals surface area contributed by atoms with Gasteiger partial charge in [-0.15, -0.1) is 11.3 Å². The van der Waals surface area contributed by atoms with Crippen molar-refractivity contribution in [3.8, 4) is 17.0 Å². The first-order chi connectivity index (χ1) is 13.2. The zero-order valence-corrected chi connectivity index (χ0v) is 16.4. The van der Waals surface area contributed by atoms with Gasteiger partial charge in [-0.2, -0.15) is 0 Å². The fourth-order valence-electron chi connectivity index (χ4n) is 3.28. The predicted molar refractivity (Wildman–Crippen MR) is 107 cm³/mol. The Morgan fingerprint density at radius 1 is 1.22 bits per heavy atom. The third-order valence-corrected chi connectivity index (χ3v) is 5.58. The summed E-state index contributed by atoms with van der Waals surface area (Å²) in [7, 11) is 1.67. The summed E-state index contributed by atoms with van der Waals surface area (Å²) in [6.45, 7) is 5.47. The molecule has 1 saturated heterocycles. The van der Waals surface area contributed by atoms with Crippen LogP contribution in [0.5, 0.6) is 5.75 Å². The van der Waals surface area contributed by atoms with Crippen molar-refractivity contribution in [1.29, 1.82) is 0 Å². The van der Waals surface area contributed by atoms with Crippen LogP contribution >= 0.6 is 11.3 Å². The lowest BCUT2D eigenvalue weighted by Crippen LogP contribution is -2.37. The topological polar surface area (TPSA) is 47.5 Å². The molecule has 3 aromatic rings. The molecule has 0 spiro atoms. The number of morpholine rings is 1. The smallest absolute Gasteiger partial charge is 0.118 e. The van der Waals surface area contributed by atoms with Crippen molar-refractivity contribution < 1.29 is 9.47 Å². The van der Waals surface area contributed by atoms with Gasteiger partial charge in [0.05, 0.1) is 30.1 Å². The van der Waals surface area contributed by atoms with Gasteiger partial charge < -0.3 is 9.47 Å². The first-order valence-electron chi connectivity index (χ1n) is 9.08. The van der Waals surface area contributed by atoms with Crippen LogP contribution in [0.15, 0.2) is 48.7 Å². The molecule has 0 N–H and O–H groups in total. The Kier molecular flexibility index (Phi) is 5.48. The first-order valence-corrected chi connectivity index (χ1v) is 9.89. The van der Waals surface area contributed by atoms with Crippen LogP contribution in [0.1, 0.15) is 21.7 Å². The number of hydrogen-bond acceptors (Lipinski definition) is 6. The van der Waals surface area contributed by atoms with E-state index in [4.69, 9.17) is 14.5 Å². The van der Waals surface area contributed by atoms with E-state index >= 15 is 0 Å². The fourth-order valence-corrected chi connectivity index (χ4v) is 4.11. The average Bonchev–Trinajstić information content (AvgIpc) is 3.13. The van der Waals surface area contributed by atoms with E-state index in [1.165, 1.54) is 4.88 Å². The summed E-state index contributed by atoms with van der Waals surface area (Å²) in [6.07, 6.45) is 1.97. The van der Waals surface area contributed by atoms with Gasteiger partial charge >= 0.3 is 0 Å². The number of aromatic nitrogens is 2. The second-order valence-electron chi connectivity index (χ2n) is 6.62. The van der Waals surface area contributed by atoms with E-state index in [2.05, 4.69) is 22.0 Å². The van der Waals surface area contributed by atoms with Crippen LogP contribution in [-0.2, 0) is 11.3 Å². The quantitative estimate of drug-likeness (QED) is 0.666. The number of pyridine rings is 1. The second-order valence-corrected chi connectivity index (χ2v) is 7.94. The molecule has 1 fully saturated rings. The lowest BCUT2D eigenvalue weighted by molar-refractivity contribution is -0.0346. The molecule has 0 aliphatic carbocycles. The zero-order valence-electron chi connectivity index (χ0n) is 15.6. The Balaban J connectivity index is 1.48. The predicted octanol–water partition coefficient (Wildman–Crippen LogP) is 4.10. The van der Waals surface area contributed by atoms with E-state index < -0.39 is 0 Å². The Morgan fingerprint density at radius 2 is 2.07 bits per heavy atom. The minimum absolute atomic E-state index is 0.00836. The number of benzene rings is 1. The molecule has 4 rings (SSSR count). The molecule has 3 heterocycles. The molecule has 1 aliphatic heterocycles. The fraction of sp³-hybridized carbons (Fsp3) is 0.333. The van der Waals surface area contributed by atoms with Gasteiger partial charge in [-0.3, -0.25) is 9.88 Å². The third-order valence-electron chi connectivity index (χ3n) is 4.69. The Labute approximate surface area is 163 Å². The molecule has 0 saturated carbocycles. The lowest BCUT2D eigenvalue weighted by atomic mass is 10.1. The maximum atomic E-state index is 6.03. The van der Waals surface area contributed by atoms with Gasteiger partial charge in [0.15, 0.2) is 0 Å². The summed E-state index contributed by atoms with van der Waals surface area (Å²) in [6, 6.07) is 14.1. The third kappa shape index (κ3) is 4.35. The Hall–Kier alpha value is -2.28. The summed E-state index contributed by atoms with van der Waals surface area (Å²) in [5.41, 5.74) is 3.01. The molecule has 6 heteroatoms. The minimum atomic E-state index is -0.00836. The van der Waals surface area contributed by atoms with Gasteiger partial charge in [-0.1, -0.05) is 6.07 Å². The summed E-state index contributed by atoms with van der Waals surface area (Å²) < 4.78 is 11.3. The normalized spacial score (nSPS) is 17.8. The minimum Gasteiger partial charge on any atom is -0.497 e. The highest BCUT2D eigenvalue weighted by Crippen LogP contribution is 2.26. The highest BCUT2D eigenvalue weighted by molar-refractivity contribution is 7.11. The van der Waals surface area contributed by atoms with Gasteiger partial charge in [0.2, 0.25) is 0 Å². The molecule has 0 bridgehead atoms. The summed E-state index contributed by atoms with van der Waals surface area (Å²) in [5, 5.41) is 1.11. The van der Waals surface area contributed by atoms with Gasteiger partial charge in [0.1, 0.15) is 11.9 Å². The van der Waals surface area contributed by atoms with Crippen molar-refractivity contribution in [2.45, 2.75) is 19.6 Å². The summed E-state index contributed by atoms with van der Waals surface area (Å²) in [4.78, 5) is 12.9. The number of rotatable bonds is 5. The molecule has 2 aromatic heterocycles. The van der Waals surface area contributed by atoms with E-state index in [0.717, 1.165) is 53.9 Å². The van der Waals surface area contributed by atoms with Crippen molar-refractivity contribution in [2.24, 2.45) is 0 Å². The molecule has 140 valence electrons. The maximum Gasteiger partial charge on any atom is 0.118 e. The Bertz CT molecular complexity index is 894. The van der Waals surface area contributed by atoms with Gasteiger partial charge in [0.25, 0.3) is 0 Å². The summed E-state index contributed by atoms with van der Waals surface area (Å²) >= 11 is 1.76. The van der Waals surface area contributed by atoms with Crippen molar-refractivity contribution >= 4 is 11.3 Å². The van der Waals surface area contributed by atoms with Crippen LogP contribution in [0.4, 0.5) is 0 Å². The Morgan fingerprint density at radius 3 is 2.81 bits per heavy atom. The van der Waals surface area contributed by atoms with Gasteiger partial charge in [-0.05, 0) is 43.3 Å². The molecule has 0 radical (unpaired) electrons. The molecular weight excluding hydrogens is 358 g/mol. The number of thiazole rings is 1. The second kappa shape index (κ2) is 8.17. The maximum absolute atomic E-state index is 6.03. The summed E-state index contributed by atoms with van der Waals surface area (Å²) in [5.74, 6) is 0.847. The van der Waals surface area contributed by atoms with Crippen molar-refractivity contribution in [3.05, 3.63) is 64.2 Å². The zero-order chi connectivity index (χ0) is 18.6. The van der Waals surface area contributed by atoms with E-state index in [-0.39, 0.29) is 6.10 Å². The van der Waals surface area contributed by atoms with E-state index in [1.54, 1.807) is 18.4 Å². The van der Waals surface area contributed by atoms with Crippen LogP contribution in [0.2, 0.25) is 0 Å². The van der Waals surface area contributed by atoms with Crippen molar-refractivity contribution in [1.82, 2.24) is 14.9 Å². The van der Waals surface area contributed by atoms with Gasteiger partial charge in [0, 0.05) is 36.3 Å². The first kappa shape index (κ1) is 18.1. The number of ether oxygens (including phenoxy) is 2. The number of methoxy groups -OCH3 is 1. The van der Waals surface area contributed by atoms with Gasteiger partial charge in [-0.25, -0.2) is 4.98 Å². The van der Waals surface area contributed by atoms with E-state index in [1.807, 2.05) is 43.5 Å². The van der Waals surface area contributed by atoms with E-state index in [0.29, 0.717) is 0 Å². The van der Waals surface area contributed by atoms with Crippen LogP contribution in [0.25, 0.3) is 11.3 Å². The number of hydrogen-bond donors (Lipinski definition) is 0. The molecular formula is C21H23N3O2S. The molecule has 27 heavy (non-hydrogen) atoms. The van der Waals surface area contributed by atoms with Crippen LogP contribution in [0, 0.1) is 6.92 Å². The van der Waals surface area contributed by atoms with Crippen LogP contribution in [0.3, 0.4) is 0 Å². The highest BCUT2D eigenvalue weighted by atomic mass is 32.1.